The lowest BCUT2D eigenvalue weighted by Crippen LogP contribution is -2.09. The highest BCUT2D eigenvalue weighted by molar-refractivity contribution is 7.71. The zero-order valence-corrected chi connectivity index (χ0v) is 12.8. The first-order valence-corrected chi connectivity index (χ1v) is 7.77. The number of ether oxygens (including phenoxy) is 2. The molecule has 4 rings (SSSR count). The molecule has 0 unspecified atom stereocenters. The van der Waals surface area contributed by atoms with Crippen LogP contribution in [-0.4, -0.2) is 11.8 Å². The van der Waals surface area contributed by atoms with Crippen LogP contribution in [0.3, 0.4) is 0 Å². The van der Waals surface area contributed by atoms with Gasteiger partial charge in [0, 0.05) is 11.3 Å². The Morgan fingerprint density at radius 1 is 1.14 bits per heavy atom. The molecule has 1 aliphatic carbocycles. The lowest BCUT2D eigenvalue weighted by atomic mass is 9.87. The number of aromatic nitrogens is 1. The molecule has 1 N–H and O–H groups in total. The summed E-state index contributed by atoms with van der Waals surface area (Å²) in [7, 11) is 0. The van der Waals surface area contributed by atoms with Crippen LogP contribution in [0.25, 0.3) is 11.1 Å². The molecule has 0 bridgehead atoms. The van der Waals surface area contributed by atoms with E-state index in [1.54, 1.807) is 0 Å². The second kappa shape index (κ2) is 5.15. The second-order valence-corrected chi connectivity index (χ2v) is 5.96. The van der Waals surface area contributed by atoms with Crippen molar-refractivity contribution in [3.8, 4) is 28.7 Å². The SMILES string of the molecule is N#Cc1c(-c2ccc3c(c2)OCO3)c2c([nH]c1=S)CCCC2. The van der Waals surface area contributed by atoms with E-state index in [1.165, 1.54) is 11.3 Å². The van der Waals surface area contributed by atoms with Gasteiger partial charge in [0.05, 0.1) is 5.56 Å². The topological polar surface area (TPSA) is 58.0 Å². The van der Waals surface area contributed by atoms with Gasteiger partial charge in [-0.05, 0) is 48.9 Å². The number of H-pyrrole nitrogens is 1. The van der Waals surface area contributed by atoms with E-state index in [1.807, 2.05) is 18.2 Å². The monoisotopic (exact) mass is 310 g/mol. The van der Waals surface area contributed by atoms with Gasteiger partial charge in [0.2, 0.25) is 6.79 Å². The number of benzene rings is 1. The van der Waals surface area contributed by atoms with E-state index >= 15 is 0 Å². The van der Waals surface area contributed by atoms with Gasteiger partial charge in [0.25, 0.3) is 0 Å². The maximum absolute atomic E-state index is 9.56. The molecule has 2 aliphatic rings. The Kier molecular flexibility index (Phi) is 3.12. The Bertz CT molecular complexity index is 864. The zero-order valence-electron chi connectivity index (χ0n) is 11.9. The van der Waals surface area contributed by atoms with Crippen LogP contribution in [0.4, 0.5) is 0 Å². The first-order valence-electron chi connectivity index (χ1n) is 7.36. The van der Waals surface area contributed by atoms with Gasteiger partial charge in [-0.25, -0.2) is 0 Å². The number of fused-ring (bicyclic) bond motifs is 2. The van der Waals surface area contributed by atoms with Gasteiger partial charge < -0.3 is 14.5 Å². The second-order valence-electron chi connectivity index (χ2n) is 5.55. The molecule has 0 spiro atoms. The van der Waals surface area contributed by atoms with Crippen LogP contribution in [0.2, 0.25) is 0 Å². The van der Waals surface area contributed by atoms with Crippen molar-refractivity contribution in [2.45, 2.75) is 25.7 Å². The molecular weight excluding hydrogens is 296 g/mol. The molecule has 0 saturated carbocycles. The van der Waals surface area contributed by atoms with Gasteiger partial charge in [-0.1, -0.05) is 18.3 Å². The van der Waals surface area contributed by atoms with Crippen LogP contribution < -0.4 is 9.47 Å². The quantitative estimate of drug-likeness (QED) is 0.812. The number of aryl methyl sites for hydroxylation is 1. The largest absolute Gasteiger partial charge is 0.454 e. The number of nitrogens with zero attached hydrogens (tertiary/aromatic N) is 1. The molecular formula is C17H14N2O2S. The Morgan fingerprint density at radius 2 is 1.95 bits per heavy atom. The fourth-order valence-corrected chi connectivity index (χ4v) is 3.53. The van der Waals surface area contributed by atoms with Crippen molar-refractivity contribution in [1.29, 1.82) is 5.26 Å². The number of nitrogens with one attached hydrogen (secondary N) is 1. The third-order valence-electron chi connectivity index (χ3n) is 4.28. The molecule has 2 aromatic rings. The van der Waals surface area contributed by atoms with Crippen molar-refractivity contribution >= 4 is 12.2 Å². The molecule has 5 heteroatoms. The summed E-state index contributed by atoms with van der Waals surface area (Å²) < 4.78 is 11.4. The van der Waals surface area contributed by atoms with Gasteiger partial charge in [-0.2, -0.15) is 5.26 Å². The van der Waals surface area contributed by atoms with E-state index in [-0.39, 0.29) is 6.79 Å². The predicted molar refractivity (Wildman–Crippen MR) is 84.5 cm³/mol. The van der Waals surface area contributed by atoms with Crippen molar-refractivity contribution in [1.82, 2.24) is 4.98 Å². The molecule has 110 valence electrons. The molecule has 2 heterocycles. The maximum Gasteiger partial charge on any atom is 0.231 e. The van der Waals surface area contributed by atoms with Crippen LogP contribution >= 0.6 is 12.2 Å². The molecule has 0 radical (unpaired) electrons. The Morgan fingerprint density at radius 3 is 2.82 bits per heavy atom. The van der Waals surface area contributed by atoms with E-state index in [9.17, 15) is 5.26 Å². The van der Waals surface area contributed by atoms with Crippen molar-refractivity contribution < 1.29 is 9.47 Å². The summed E-state index contributed by atoms with van der Waals surface area (Å²) in [4.78, 5) is 3.25. The first-order chi connectivity index (χ1) is 10.8. The summed E-state index contributed by atoms with van der Waals surface area (Å²) in [6, 6.07) is 8.10. The van der Waals surface area contributed by atoms with Crippen LogP contribution in [0.1, 0.15) is 29.7 Å². The van der Waals surface area contributed by atoms with Gasteiger partial charge in [0.1, 0.15) is 10.7 Å². The Hall–Kier alpha value is -2.32. The summed E-state index contributed by atoms with van der Waals surface area (Å²) in [5.41, 5.74) is 4.87. The number of hydrogen-bond acceptors (Lipinski definition) is 4. The number of aromatic amines is 1. The van der Waals surface area contributed by atoms with E-state index in [0.29, 0.717) is 10.2 Å². The highest BCUT2D eigenvalue weighted by atomic mass is 32.1. The normalized spacial score (nSPS) is 15.2. The molecule has 22 heavy (non-hydrogen) atoms. The minimum Gasteiger partial charge on any atom is -0.454 e. The van der Waals surface area contributed by atoms with Crippen LogP contribution in [-0.2, 0) is 12.8 Å². The van der Waals surface area contributed by atoms with E-state index in [0.717, 1.165) is 48.3 Å². The van der Waals surface area contributed by atoms with Crippen LogP contribution in [0, 0.1) is 16.0 Å². The highest BCUT2D eigenvalue weighted by Gasteiger charge is 2.22. The number of pyridine rings is 1. The number of rotatable bonds is 1. The third kappa shape index (κ3) is 1.99. The molecule has 0 atom stereocenters. The Labute approximate surface area is 133 Å². The lowest BCUT2D eigenvalue weighted by molar-refractivity contribution is 0.174. The van der Waals surface area contributed by atoms with Gasteiger partial charge >= 0.3 is 0 Å². The maximum atomic E-state index is 9.56. The molecule has 1 aromatic carbocycles. The smallest absolute Gasteiger partial charge is 0.231 e. The molecule has 0 amide bonds. The van der Waals surface area contributed by atoms with Crippen molar-refractivity contribution in [2.75, 3.05) is 6.79 Å². The molecule has 1 aromatic heterocycles. The zero-order chi connectivity index (χ0) is 15.1. The third-order valence-corrected chi connectivity index (χ3v) is 4.59. The highest BCUT2D eigenvalue weighted by Crippen LogP contribution is 2.39. The molecule has 0 fully saturated rings. The summed E-state index contributed by atoms with van der Waals surface area (Å²) in [5.74, 6) is 1.47. The number of hydrogen-bond donors (Lipinski definition) is 1. The van der Waals surface area contributed by atoms with Crippen LogP contribution in [0.15, 0.2) is 18.2 Å². The van der Waals surface area contributed by atoms with E-state index in [4.69, 9.17) is 21.7 Å². The van der Waals surface area contributed by atoms with E-state index in [2.05, 4.69) is 11.1 Å². The first kappa shape index (κ1) is 13.4. The van der Waals surface area contributed by atoms with E-state index < -0.39 is 0 Å². The van der Waals surface area contributed by atoms with Gasteiger partial charge in [0.15, 0.2) is 11.5 Å². The summed E-state index contributed by atoms with van der Waals surface area (Å²) >= 11 is 5.39. The average molecular weight is 310 g/mol. The van der Waals surface area contributed by atoms with Crippen molar-refractivity contribution in [2.24, 2.45) is 0 Å². The molecule has 0 saturated heterocycles. The molecule has 1 aliphatic heterocycles. The van der Waals surface area contributed by atoms with Gasteiger partial charge in [-0.15, -0.1) is 0 Å². The number of nitriles is 1. The standard InChI is InChI=1S/C17H14N2O2S/c18-8-12-16(10-5-6-14-15(7-10)21-9-20-14)11-3-1-2-4-13(11)19-17(12)22/h5-7H,1-4,9H2,(H,19,22). The van der Waals surface area contributed by atoms with Crippen molar-refractivity contribution in [3.05, 3.63) is 39.7 Å². The van der Waals surface area contributed by atoms with Crippen molar-refractivity contribution in [3.63, 3.8) is 0 Å². The summed E-state index contributed by atoms with van der Waals surface area (Å²) in [6.45, 7) is 0.247. The fraction of sp³-hybridized carbons (Fsp3) is 0.294. The fourth-order valence-electron chi connectivity index (χ4n) is 3.26. The molecule has 4 nitrogen and oxygen atoms in total. The van der Waals surface area contributed by atoms with Crippen LogP contribution in [0.5, 0.6) is 11.5 Å². The predicted octanol–water partition coefficient (Wildman–Crippen LogP) is 3.89. The summed E-state index contributed by atoms with van der Waals surface area (Å²) in [6.07, 6.45) is 4.26. The minimum absolute atomic E-state index is 0.247. The lowest BCUT2D eigenvalue weighted by Gasteiger charge is -2.21. The Balaban J connectivity index is 1.99. The minimum atomic E-state index is 0.247. The van der Waals surface area contributed by atoms with Gasteiger partial charge in [-0.3, -0.25) is 0 Å². The average Bonchev–Trinajstić information content (AvgIpc) is 3.01. The summed E-state index contributed by atoms with van der Waals surface area (Å²) in [5, 5.41) is 9.56.